The van der Waals surface area contributed by atoms with Crippen LogP contribution in [-0.2, 0) is 0 Å². The zero-order valence-electron chi connectivity index (χ0n) is 7.09. The summed E-state index contributed by atoms with van der Waals surface area (Å²) in [5.74, 6) is 0.288. The van der Waals surface area contributed by atoms with E-state index in [0.29, 0.717) is 0 Å². The number of aliphatic hydroxyl groups is 1. The summed E-state index contributed by atoms with van der Waals surface area (Å²) >= 11 is 0. The fourth-order valence-electron chi connectivity index (χ4n) is 0.736. The van der Waals surface area contributed by atoms with Crippen molar-refractivity contribution >= 4 is 0 Å². The van der Waals surface area contributed by atoms with Gasteiger partial charge in [0.1, 0.15) is 0 Å². The summed E-state index contributed by atoms with van der Waals surface area (Å²) < 4.78 is 0. The molecule has 0 rings (SSSR count). The average Bonchev–Trinajstić information content (AvgIpc) is 1.87. The van der Waals surface area contributed by atoms with Gasteiger partial charge in [0.15, 0.2) is 0 Å². The van der Waals surface area contributed by atoms with Gasteiger partial charge >= 0.3 is 0 Å². The van der Waals surface area contributed by atoms with Crippen LogP contribution in [0, 0.1) is 0 Å². The first-order chi connectivity index (χ1) is 5.09. The van der Waals surface area contributed by atoms with Crippen molar-refractivity contribution in [3.63, 3.8) is 0 Å². The lowest BCUT2D eigenvalue weighted by Gasteiger charge is -2.00. The smallest absolute Gasteiger partial charge is 0.0966 e. The lowest BCUT2D eigenvalue weighted by atomic mass is 10.1. The zero-order valence-corrected chi connectivity index (χ0v) is 7.09. The fraction of sp³-hybridized carbons (Fsp3) is 0.200. The summed E-state index contributed by atoms with van der Waals surface area (Å²) in [7, 11) is 0. The molecule has 1 nitrogen and oxygen atoms in total. The van der Waals surface area contributed by atoms with Gasteiger partial charge in [0.25, 0.3) is 0 Å². The van der Waals surface area contributed by atoms with E-state index in [1.54, 1.807) is 25.2 Å². The second-order valence-electron chi connectivity index (χ2n) is 2.37. The molecule has 0 unspecified atom stereocenters. The third-order valence-corrected chi connectivity index (χ3v) is 1.25. The Kier molecular flexibility index (Phi) is 4.04. The van der Waals surface area contributed by atoms with E-state index in [2.05, 4.69) is 13.2 Å². The molecule has 0 aliphatic rings. The second-order valence-corrected chi connectivity index (χ2v) is 2.37. The maximum Gasteiger partial charge on any atom is 0.0966 e. The van der Waals surface area contributed by atoms with Crippen molar-refractivity contribution in [2.45, 2.75) is 13.8 Å². The summed E-state index contributed by atoms with van der Waals surface area (Å²) in [6.45, 7) is 10.7. The molecule has 0 spiro atoms. The predicted octanol–water partition coefficient (Wildman–Crippen LogP) is 3.14. The Balaban J connectivity index is 4.64. The summed E-state index contributed by atoms with van der Waals surface area (Å²) in [6.07, 6.45) is 5.21. The minimum Gasteiger partial charge on any atom is -0.512 e. The topological polar surface area (TPSA) is 20.2 Å². The van der Waals surface area contributed by atoms with Crippen molar-refractivity contribution in [2.75, 3.05) is 0 Å². The highest BCUT2D eigenvalue weighted by Crippen LogP contribution is 2.12. The maximum atomic E-state index is 9.14. The highest BCUT2D eigenvalue weighted by atomic mass is 16.3. The van der Waals surface area contributed by atoms with E-state index in [-0.39, 0.29) is 5.76 Å². The number of aliphatic hydroxyl groups excluding tert-OH is 1. The van der Waals surface area contributed by atoms with E-state index in [1.807, 2.05) is 6.92 Å². The molecule has 0 aromatic carbocycles. The Hall–Kier alpha value is -1.24. The van der Waals surface area contributed by atoms with E-state index in [0.717, 1.165) is 11.1 Å². The van der Waals surface area contributed by atoms with Crippen LogP contribution in [-0.4, -0.2) is 5.11 Å². The molecule has 0 amide bonds. The first-order valence-corrected chi connectivity index (χ1v) is 3.44. The third-order valence-electron chi connectivity index (χ3n) is 1.25. The molecule has 0 heterocycles. The van der Waals surface area contributed by atoms with Crippen LogP contribution in [0.15, 0.2) is 48.3 Å². The summed E-state index contributed by atoms with van der Waals surface area (Å²) in [6, 6.07) is 0. The molecule has 0 aromatic rings. The van der Waals surface area contributed by atoms with Gasteiger partial charge in [-0.15, -0.1) is 0 Å². The molecule has 60 valence electrons. The number of hydrogen-bond acceptors (Lipinski definition) is 1. The van der Waals surface area contributed by atoms with E-state index in [4.69, 9.17) is 5.11 Å². The van der Waals surface area contributed by atoms with Crippen molar-refractivity contribution in [2.24, 2.45) is 0 Å². The zero-order chi connectivity index (χ0) is 8.85. The van der Waals surface area contributed by atoms with Crippen molar-refractivity contribution in [1.29, 1.82) is 0 Å². The molecular formula is C10H14O. The molecule has 1 heteroatoms. The Labute approximate surface area is 68.1 Å². The van der Waals surface area contributed by atoms with Crippen molar-refractivity contribution in [1.82, 2.24) is 0 Å². The summed E-state index contributed by atoms with van der Waals surface area (Å²) in [5.41, 5.74) is 1.62. The van der Waals surface area contributed by atoms with Crippen LogP contribution in [0.2, 0.25) is 0 Å². The lowest BCUT2D eigenvalue weighted by molar-refractivity contribution is 0.410. The fourth-order valence-corrected chi connectivity index (χ4v) is 0.736. The van der Waals surface area contributed by atoms with Gasteiger partial charge in [0.2, 0.25) is 0 Å². The predicted molar refractivity (Wildman–Crippen MR) is 49.5 cm³/mol. The van der Waals surface area contributed by atoms with Crippen LogP contribution in [0.5, 0.6) is 0 Å². The van der Waals surface area contributed by atoms with Gasteiger partial charge in [-0.2, -0.15) is 0 Å². The molecule has 0 saturated heterocycles. The Morgan fingerprint density at radius 2 is 1.91 bits per heavy atom. The summed E-state index contributed by atoms with van der Waals surface area (Å²) in [5, 5.41) is 9.14. The highest BCUT2D eigenvalue weighted by molar-refractivity contribution is 5.38. The molecule has 0 aliphatic heterocycles. The Morgan fingerprint density at radius 1 is 1.36 bits per heavy atom. The molecule has 1 N–H and O–H groups in total. The van der Waals surface area contributed by atoms with E-state index < -0.39 is 0 Å². The standard InChI is InChI=1S/C10H14O/c1-5-6-7-10(8(2)3)9(4)11/h5-7,11H,1-2H2,3-4H3/b7-6-,10-9-. The van der Waals surface area contributed by atoms with Gasteiger partial charge in [0.05, 0.1) is 5.76 Å². The van der Waals surface area contributed by atoms with E-state index >= 15 is 0 Å². The molecule has 0 atom stereocenters. The lowest BCUT2D eigenvalue weighted by Crippen LogP contribution is -1.84. The molecule has 11 heavy (non-hydrogen) atoms. The number of rotatable bonds is 3. The van der Waals surface area contributed by atoms with Gasteiger partial charge in [0, 0.05) is 5.57 Å². The van der Waals surface area contributed by atoms with Crippen LogP contribution in [0.25, 0.3) is 0 Å². The van der Waals surface area contributed by atoms with Gasteiger partial charge in [-0.3, -0.25) is 0 Å². The van der Waals surface area contributed by atoms with Gasteiger partial charge in [-0.1, -0.05) is 31.4 Å². The first-order valence-electron chi connectivity index (χ1n) is 3.44. The van der Waals surface area contributed by atoms with E-state index in [1.165, 1.54) is 0 Å². The molecule has 0 aliphatic carbocycles. The largest absolute Gasteiger partial charge is 0.512 e. The van der Waals surface area contributed by atoms with Crippen LogP contribution >= 0.6 is 0 Å². The highest BCUT2D eigenvalue weighted by Gasteiger charge is 1.96. The van der Waals surface area contributed by atoms with Crippen LogP contribution in [0.1, 0.15) is 13.8 Å². The molecule has 0 saturated carbocycles. The minimum atomic E-state index is 0.288. The monoisotopic (exact) mass is 150 g/mol. The SMILES string of the molecule is C=C/C=C\C(C(=C)C)=C(/C)O. The van der Waals surface area contributed by atoms with Gasteiger partial charge < -0.3 is 5.11 Å². The third kappa shape index (κ3) is 3.46. The Bertz CT molecular complexity index is 215. The molecule has 0 fully saturated rings. The second kappa shape index (κ2) is 4.56. The van der Waals surface area contributed by atoms with Crippen molar-refractivity contribution in [3.8, 4) is 0 Å². The average molecular weight is 150 g/mol. The van der Waals surface area contributed by atoms with Crippen LogP contribution in [0.3, 0.4) is 0 Å². The maximum absolute atomic E-state index is 9.14. The molecule has 0 bridgehead atoms. The van der Waals surface area contributed by atoms with Crippen LogP contribution in [0.4, 0.5) is 0 Å². The Morgan fingerprint density at radius 3 is 2.18 bits per heavy atom. The van der Waals surface area contributed by atoms with Crippen LogP contribution < -0.4 is 0 Å². The van der Waals surface area contributed by atoms with Gasteiger partial charge in [-0.25, -0.2) is 0 Å². The molecule has 0 radical (unpaired) electrons. The van der Waals surface area contributed by atoms with Crippen molar-refractivity contribution < 1.29 is 5.11 Å². The number of hydrogen-bond donors (Lipinski definition) is 1. The number of allylic oxidation sites excluding steroid dienone is 6. The molecule has 0 aromatic heterocycles. The van der Waals surface area contributed by atoms with Crippen molar-refractivity contribution in [3.05, 3.63) is 48.3 Å². The quantitative estimate of drug-likeness (QED) is 0.484. The summed E-state index contributed by atoms with van der Waals surface area (Å²) in [4.78, 5) is 0. The van der Waals surface area contributed by atoms with E-state index in [9.17, 15) is 0 Å². The molecular weight excluding hydrogens is 136 g/mol. The first kappa shape index (κ1) is 9.76. The normalized spacial score (nSPS) is 12.9. The van der Waals surface area contributed by atoms with Gasteiger partial charge in [-0.05, 0) is 19.4 Å². The minimum absolute atomic E-state index is 0.288.